The van der Waals surface area contributed by atoms with Crippen LogP contribution in [0.3, 0.4) is 0 Å². The van der Waals surface area contributed by atoms with Gasteiger partial charge in [0.1, 0.15) is 5.70 Å². The molecule has 0 atom stereocenters. The minimum Gasteiger partial charge on any atom is -0.368 e. The SMILES string of the molecule is CCN(CC)C(=CC#CC(C)(C)C)C(F)(F)F. The number of hydrogen-bond donors (Lipinski definition) is 0. The Morgan fingerprint density at radius 3 is 1.88 bits per heavy atom. The van der Waals surface area contributed by atoms with Gasteiger partial charge in [-0.1, -0.05) is 11.8 Å². The summed E-state index contributed by atoms with van der Waals surface area (Å²) in [5.74, 6) is 5.28. The molecule has 0 saturated heterocycles. The zero-order valence-corrected chi connectivity index (χ0v) is 11.1. The molecule has 0 spiro atoms. The van der Waals surface area contributed by atoms with E-state index in [0.29, 0.717) is 13.1 Å². The van der Waals surface area contributed by atoms with Crippen LogP contribution in [0.5, 0.6) is 0 Å². The standard InChI is InChI=1S/C13H20F3N/c1-6-17(7-2)11(13(14,15)16)9-8-10-12(3,4)5/h9H,6-7H2,1-5H3. The molecular formula is C13H20F3N. The molecule has 0 bridgehead atoms. The summed E-state index contributed by atoms with van der Waals surface area (Å²) >= 11 is 0. The first-order chi connectivity index (χ1) is 7.61. The third kappa shape index (κ3) is 6.25. The van der Waals surface area contributed by atoms with E-state index in [1.165, 1.54) is 4.90 Å². The van der Waals surface area contributed by atoms with Gasteiger partial charge in [0.25, 0.3) is 0 Å². The largest absolute Gasteiger partial charge is 0.431 e. The first-order valence-corrected chi connectivity index (χ1v) is 5.66. The minimum absolute atomic E-state index is 0.295. The first kappa shape index (κ1) is 15.9. The molecule has 0 N–H and O–H groups in total. The molecule has 0 aromatic rings. The summed E-state index contributed by atoms with van der Waals surface area (Å²) in [5.41, 5.74) is -0.963. The molecule has 0 aliphatic rings. The molecule has 98 valence electrons. The quantitative estimate of drug-likeness (QED) is 0.685. The molecule has 0 aliphatic heterocycles. The van der Waals surface area contributed by atoms with Crippen molar-refractivity contribution < 1.29 is 13.2 Å². The topological polar surface area (TPSA) is 3.24 Å². The summed E-state index contributed by atoms with van der Waals surface area (Å²) in [7, 11) is 0. The van der Waals surface area contributed by atoms with Crippen LogP contribution < -0.4 is 0 Å². The molecule has 0 aromatic heterocycles. The lowest BCUT2D eigenvalue weighted by atomic mass is 9.98. The maximum atomic E-state index is 12.8. The third-order valence-electron chi connectivity index (χ3n) is 2.05. The van der Waals surface area contributed by atoms with Gasteiger partial charge in [0.2, 0.25) is 0 Å². The molecular weight excluding hydrogens is 227 g/mol. The average Bonchev–Trinajstić information content (AvgIpc) is 2.13. The summed E-state index contributed by atoms with van der Waals surface area (Å²) < 4.78 is 38.4. The van der Waals surface area contributed by atoms with E-state index in [1.807, 2.05) is 20.8 Å². The van der Waals surface area contributed by atoms with E-state index in [2.05, 4.69) is 11.8 Å². The van der Waals surface area contributed by atoms with Crippen molar-refractivity contribution in [2.45, 2.75) is 40.8 Å². The van der Waals surface area contributed by atoms with Gasteiger partial charge in [-0.25, -0.2) is 0 Å². The summed E-state index contributed by atoms with van der Waals surface area (Å²) in [5, 5.41) is 0. The predicted octanol–water partition coefficient (Wildman–Crippen LogP) is 3.82. The van der Waals surface area contributed by atoms with Crippen LogP contribution in [0, 0.1) is 17.3 Å². The second-order valence-corrected chi connectivity index (χ2v) is 4.72. The summed E-state index contributed by atoms with van der Waals surface area (Å²) in [6.45, 7) is 9.61. The number of alkyl halides is 3. The van der Waals surface area contributed by atoms with Crippen molar-refractivity contribution in [2.75, 3.05) is 13.1 Å². The third-order valence-corrected chi connectivity index (χ3v) is 2.05. The minimum atomic E-state index is -4.35. The van der Waals surface area contributed by atoms with Gasteiger partial charge in [0.05, 0.1) is 0 Å². The monoisotopic (exact) mass is 247 g/mol. The lowest BCUT2D eigenvalue weighted by molar-refractivity contribution is -0.110. The van der Waals surface area contributed by atoms with Crippen molar-refractivity contribution >= 4 is 0 Å². The van der Waals surface area contributed by atoms with Crippen molar-refractivity contribution in [3.63, 3.8) is 0 Å². The molecule has 0 rings (SSSR count). The fraction of sp³-hybridized carbons (Fsp3) is 0.692. The van der Waals surface area contributed by atoms with Crippen LogP contribution >= 0.6 is 0 Å². The Balaban J connectivity index is 5.19. The van der Waals surface area contributed by atoms with Crippen LogP contribution in [0.1, 0.15) is 34.6 Å². The Hall–Kier alpha value is -1.11. The van der Waals surface area contributed by atoms with Crippen LogP contribution in [0.2, 0.25) is 0 Å². The van der Waals surface area contributed by atoms with Crippen LogP contribution in [0.15, 0.2) is 11.8 Å². The lowest BCUT2D eigenvalue weighted by Gasteiger charge is -2.25. The molecule has 0 fully saturated rings. The van der Waals surface area contributed by atoms with Crippen molar-refractivity contribution in [3.05, 3.63) is 11.8 Å². The fourth-order valence-corrected chi connectivity index (χ4v) is 1.24. The van der Waals surface area contributed by atoms with Gasteiger partial charge >= 0.3 is 6.18 Å². The Kier molecular flexibility index (Phi) is 5.60. The maximum Gasteiger partial charge on any atom is 0.431 e. The lowest BCUT2D eigenvalue weighted by Crippen LogP contribution is -2.31. The highest BCUT2D eigenvalue weighted by Crippen LogP contribution is 2.28. The number of hydrogen-bond acceptors (Lipinski definition) is 1. The highest BCUT2D eigenvalue weighted by molar-refractivity contribution is 5.25. The van der Waals surface area contributed by atoms with E-state index in [1.54, 1.807) is 13.8 Å². The van der Waals surface area contributed by atoms with Gasteiger partial charge in [-0.3, -0.25) is 0 Å². The Labute approximate surface area is 102 Å². The summed E-state index contributed by atoms with van der Waals surface area (Å²) in [4.78, 5) is 1.26. The number of allylic oxidation sites excluding steroid dienone is 2. The van der Waals surface area contributed by atoms with Gasteiger partial charge in [-0.2, -0.15) is 13.2 Å². The van der Waals surface area contributed by atoms with Crippen molar-refractivity contribution in [2.24, 2.45) is 5.41 Å². The average molecular weight is 247 g/mol. The zero-order valence-electron chi connectivity index (χ0n) is 11.1. The maximum absolute atomic E-state index is 12.8. The van der Waals surface area contributed by atoms with E-state index < -0.39 is 11.9 Å². The molecule has 0 saturated carbocycles. The van der Waals surface area contributed by atoms with Crippen LogP contribution in [-0.4, -0.2) is 24.2 Å². The Bertz CT molecular complexity index is 319. The first-order valence-electron chi connectivity index (χ1n) is 5.66. The molecule has 0 amide bonds. The molecule has 0 unspecified atom stereocenters. The second kappa shape index (κ2) is 6.00. The van der Waals surface area contributed by atoms with Gasteiger partial charge in [-0.15, -0.1) is 0 Å². The second-order valence-electron chi connectivity index (χ2n) is 4.72. The Morgan fingerprint density at radius 1 is 1.12 bits per heavy atom. The molecule has 0 heterocycles. The Morgan fingerprint density at radius 2 is 1.59 bits per heavy atom. The highest BCUT2D eigenvalue weighted by atomic mass is 19.4. The normalized spacial score (nSPS) is 13.1. The van der Waals surface area contributed by atoms with E-state index >= 15 is 0 Å². The van der Waals surface area contributed by atoms with Crippen LogP contribution in [-0.2, 0) is 0 Å². The van der Waals surface area contributed by atoms with E-state index in [0.717, 1.165) is 6.08 Å². The number of rotatable bonds is 3. The zero-order chi connectivity index (χ0) is 13.7. The number of halogens is 3. The molecule has 0 aromatic carbocycles. The van der Waals surface area contributed by atoms with Crippen LogP contribution in [0.4, 0.5) is 13.2 Å². The fourth-order valence-electron chi connectivity index (χ4n) is 1.24. The van der Waals surface area contributed by atoms with E-state index in [4.69, 9.17) is 0 Å². The molecule has 17 heavy (non-hydrogen) atoms. The summed E-state index contributed by atoms with van der Waals surface area (Å²) in [6.07, 6.45) is -3.38. The highest BCUT2D eigenvalue weighted by Gasteiger charge is 2.36. The molecule has 0 radical (unpaired) electrons. The van der Waals surface area contributed by atoms with Gasteiger partial charge in [0.15, 0.2) is 0 Å². The van der Waals surface area contributed by atoms with Crippen molar-refractivity contribution in [3.8, 4) is 11.8 Å². The molecule has 1 nitrogen and oxygen atoms in total. The van der Waals surface area contributed by atoms with Gasteiger partial charge in [-0.05, 0) is 34.6 Å². The van der Waals surface area contributed by atoms with Gasteiger partial charge in [0, 0.05) is 24.6 Å². The number of nitrogens with zero attached hydrogens (tertiary/aromatic N) is 1. The van der Waals surface area contributed by atoms with Crippen LogP contribution in [0.25, 0.3) is 0 Å². The summed E-state index contributed by atoms with van der Waals surface area (Å²) in [6, 6.07) is 0. The van der Waals surface area contributed by atoms with Gasteiger partial charge < -0.3 is 4.90 Å². The van der Waals surface area contributed by atoms with Crippen molar-refractivity contribution in [1.29, 1.82) is 0 Å². The van der Waals surface area contributed by atoms with E-state index in [-0.39, 0.29) is 5.41 Å². The predicted molar refractivity (Wildman–Crippen MR) is 64.3 cm³/mol. The molecule has 4 heteroatoms. The van der Waals surface area contributed by atoms with E-state index in [9.17, 15) is 13.2 Å². The smallest absolute Gasteiger partial charge is 0.368 e. The van der Waals surface area contributed by atoms with Crippen molar-refractivity contribution in [1.82, 2.24) is 4.90 Å². The molecule has 0 aliphatic carbocycles.